The van der Waals surface area contributed by atoms with Crippen molar-refractivity contribution in [3.05, 3.63) is 41.7 Å². The van der Waals surface area contributed by atoms with E-state index in [9.17, 15) is 4.39 Å². The number of hydrogen-bond donors (Lipinski definition) is 1. The maximum Gasteiger partial charge on any atom is 0.123 e. The zero-order valence-electron chi connectivity index (χ0n) is 8.57. The first kappa shape index (κ1) is 11.3. The van der Waals surface area contributed by atoms with E-state index in [-0.39, 0.29) is 5.82 Å². The van der Waals surface area contributed by atoms with Crippen LogP contribution in [-0.4, -0.2) is 0 Å². The molecule has 0 fully saturated rings. The summed E-state index contributed by atoms with van der Waals surface area (Å²) in [7, 11) is 0. The van der Waals surface area contributed by atoms with Crippen LogP contribution >= 0.6 is 12.0 Å². The molecule has 0 aliphatic rings. The van der Waals surface area contributed by atoms with Crippen molar-refractivity contribution in [3.63, 3.8) is 0 Å². The fourth-order valence-electron chi connectivity index (χ4n) is 1.51. The SMILES string of the molecule is Cc1cc2cc(F)ccc2cc1SOON. The fraction of sp³-hybridized carbons (Fsp3) is 0.0909. The van der Waals surface area contributed by atoms with Gasteiger partial charge in [0, 0.05) is 4.90 Å². The van der Waals surface area contributed by atoms with Gasteiger partial charge in [-0.15, -0.1) is 9.32 Å². The van der Waals surface area contributed by atoms with Gasteiger partial charge in [-0.2, -0.15) is 5.90 Å². The summed E-state index contributed by atoms with van der Waals surface area (Å²) >= 11 is 1.03. The van der Waals surface area contributed by atoms with E-state index >= 15 is 0 Å². The molecule has 0 unspecified atom stereocenters. The topological polar surface area (TPSA) is 44.5 Å². The lowest BCUT2D eigenvalue weighted by Gasteiger charge is -2.06. The molecule has 16 heavy (non-hydrogen) atoms. The molecular weight excluding hydrogens is 229 g/mol. The number of benzene rings is 2. The first-order chi connectivity index (χ1) is 7.70. The van der Waals surface area contributed by atoms with Gasteiger partial charge in [0.1, 0.15) is 5.82 Å². The van der Waals surface area contributed by atoms with Crippen LogP contribution in [0.25, 0.3) is 10.8 Å². The number of halogens is 1. The molecule has 84 valence electrons. The highest BCUT2D eigenvalue weighted by molar-refractivity contribution is 7.94. The molecule has 0 heterocycles. The monoisotopic (exact) mass is 239 g/mol. The lowest BCUT2D eigenvalue weighted by molar-refractivity contribution is -0.195. The number of fused-ring (bicyclic) bond motifs is 1. The van der Waals surface area contributed by atoms with Crippen LogP contribution in [0.3, 0.4) is 0 Å². The number of rotatable bonds is 3. The first-order valence-electron chi connectivity index (χ1n) is 4.60. The molecule has 0 radical (unpaired) electrons. The highest BCUT2D eigenvalue weighted by atomic mass is 32.2. The molecule has 5 heteroatoms. The van der Waals surface area contributed by atoms with Crippen LogP contribution in [0.1, 0.15) is 5.56 Å². The summed E-state index contributed by atoms with van der Waals surface area (Å²) < 4.78 is 17.6. The normalized spacial score (nSPS) is 10.9. The lowest BCUT2D eigenvalue weighted by Crippen LogP contribution is -1.94. The van der Waals surface area contributed by atoms with Crippen molar-refractivity contribution in [1.29, 1.82) is 0 Å². The van der Waals surface area contributed by atoms with Crippen molar-refractivity contribution in [2.75, 3.05) is 0 Å². The summed E-state index contributed by atoms with van der Waals surface area (Å²) in [6.45, 7) is 1.91. The predicted molar refractivity (Wildman–Crippen MR) is 60.9 cm³/mol. The van der Waals surface area contributed by atoms with Crippen LogP contribution in [0, 0.1) is 12.7 Å². The Kier molecular flexibility index (Phi) is 3.40. The molecule has 0 saturated heterocycles. The standard InChI is InChI=1S/C11H10FNO2S/c1-7-4-9-5-10(12)3-2-8(9)6-11(7)16-15-14-13/h2-6H,13H2,1H3. The van der Waals surface area contributed by atoms with Crippen molar-refractivity contribution in [2.24, 2.45) is 5.90 Å². The lowest BCUT2D eigenvalue weighted by atomic mass is 10.1. The van der Waals surface area contributed by atoms with Gasteiger partial charge < -0.3 is 0 Å². The average molecular weight is 239 g/mol. The predicted octanol–water partition coefficient (Wildman–Crippen LogP) is 3.12. The minimum Gasteiger partial charge on any atom is -0.207 e. The van der Waals surface area contributed by atoms with Crippen molar-refractivity contribution >= 4 is 22.8 Å². The zero-order chi connectivity index (χ0) is 11.5. The largest absolute Gasteiger partial charge is 0.207 e. The number of aryl methyl sites for hydroxylation is 1. The van der Waals surface area contributed by atoms with Gasteiger partial charge in [0.05, 0.1) is 12.0 Å². The van der Waals surface area contributed by atoms with E-state index in [1.807, 2.05) is 19.1 Å². The van der Waals surface area contributed by atoms with Crippen molar-refractivity contribution < 1.29 is 13.7 Å². The van der Waals surface area contributed by atoms with E-state index < -0.39 is 0 Å². The Morgan fingerprint density at radius 3 is 2.75 bits per heavy atom. The van der Waals surface area contributed by atoms with Crippen LogP contribution < -0.4 is 5.90 Å². The van der Waals surface area contributed by atoms with Gasteiger partial charge in [0.15, 0.2) is 0 Å². The van der Waals surface area contributed by atoms with Crippen LogP contribution in [0.2, 0.25) is 0 Å². The third-order valence-corrected chi connectivity index (χ3v) is 3.03. The van der Waals surface area contributed by atoms with Gasteiger partial charge in [0.25, 0.3) is 0 Å². The van der Waals surface area contributed by atoms with Crippen molar-refractivity contribution in [2.45, 2.75) is 11.8 Å². The van der Waals surface area contributed by atoms with Crippen molar-refractivity contribution in [1.82, 2.24) is 0 Å². The van der Waals surface area contributed by atoms with Gasteiger partial charge in [-0.25, -0.2) is 4.39 Å². The van der Waals surface area contributed by atoms with Crippen LogP contribution in [0.4, 0.5) is 4.39 Å². The Morgan fingerprint density at radius 1 is 1.19 bits per heavy atom. The molecule has 2 aromatic carbocycles. The van der Waals surface area contributed by atoms with Gasteiger partial charge in [-0.3, -0.25) is 0 Å². The summed E-state index contributed by atoms with van der Waals surface area (Å²) in [5.74, 6) is 4.52. The molecule has 0 bridgehead atoms. The molecule has 0 amide bonds. The number of nitrogens with two attached hydrogens (primary N) is 1. The highest BCUT2D eigenvalue weighted by Crippen LogP contribution is 2.28. The molecule has 0 saturated carbocycles. The van der Waals surface area contributed by atoms with Gasteiger partial charge in [-0.1, -0.05) is 12.1 Å². The summed E-state index contributed by atoms with van der Waals surface area (Å²) in [5, 5.41) is 1.80. The van der Waals surface area contributed by atoms with E-state index in [0.29, 0.717) is 0 Å². The maximum atomic E-state index is 13.0. The second kappa shape index (κ2) is 4.80. The van der Waals surface area contributed by atoms with Gasteiger partial charge >= 0.3 is 0 Å². The fourth-order valence-corrected chi connectivity index (χ4v) is 1.99. The smallest absolute Gasteiger partial charge is 0.123 e. The van der Waals surface area contributed by atoms with E-state index in [2.05, 4.69) is 9.32 Å². The maximum absolute atomic E-state index is 13.0. The van der Waals surface area contributed by atoms with Gasteiger partial charge in [0.2, 0.25) is 0 Å². The third-order valence-electron chi connectivity index (χ3n) is 2.26. The van der Waals surface area contributed by atoms with E-state index in [1.54, 1.807) is 6.07 Å². The molecule has 0 spiro atoms. The minimum absolute atomic E-state index is 0.242. The molecule has 2 rings (SSSR count). The molecule has 0 atom stereocenters. The van der Waals surface area contributed by atoms with Crippen LogP contribution in [0.5, 0.6) is 0 Å². The Labute approximate surface area is 96.4 Å². The summed E-state index contributed by atoms with van der Waals surface area (Å²) in [6, 6.07) is 8.43. The Hall–Kier alpha value is -1.14. The zero-order valence-corrected chi connectivity index (χ0v) is 9.38. The third kappa shape index (κ3) is 2.33. The number of hydrogen-bond acceptors (Lipinski definition) is 4. The first-order valence-corrected chi connectivity index (χ1v) is 5.35. The highest BCUT2D eigenvalue weighted by Gasteiger charge is 2.04. The van der Waals surface area contributed by atoms with Crippen LogP contribution in [0.15, 0.2) is 35.2 Å². The van der Waals surface area contributed by atoms with Crippen molar-refractivity contribution in [3.8, 4) is 0 Å². The average Bonchev–Trinajstić information content (AvgIpc) is 2.26. The van der Waals surface area contributed by atoms with E-state index in [1.165, 1.54) is 12.1 Å². The second-order valence-electron chi connectivity index (χ2n) is 3.36. The molecule has 0 aromatic heterocycles. The van der Waals surface area contributed by atoms with Crippen LogP contribution in [-0.2, 0) is 9.32 Å². The molecular formula is C11H10FNO2S. The Morgan fingerprint density at radius 2 is 2.00 bits per heavy atom. The molecule has 3 nitrogen and oxygen atoms in total. The molecule has 0 aliphatic heterocycles. The Bertz CT molecular complexity index is 519. The summed E-state index contributed by atoms with van der Waals surface area (Å²) in [6.07, 6.45) is 0. The second-order valence-corrected chi connectivity index (χ2v) is 4.10. The quantitative estimate of drug-likeness (QED) is 0.508. The van der Waals surface area contributed by atoms with Gasteiger partial charge in [-0.05, 0) is 41.5 Å². The summed E-state index contributed by atoms with van der Waals surface area (Å²) in [5.41, 5.74) is 0.972. The van der Waals surface area contributed by atoms with E-state index in [0.717, 1.165) is 33.3 Å². The van der Waals surface area contributed by atoms with E-state index in [4.69, 9.17) is 5.90 Å². The summed E-state index contributed by atoms with van der Waals surface area (Å²) in [4.78, 5) is 4.91. The Balaban J connectivity index is 2.45. The molecule has 0 aliphatic carbocycles. The minimum atomic E-state index is -0.242. The molecule has 2 N–H and O–H groups in total. The molecule has 2 aromatic rings.